The zero-order valence-corrected chi connectivity index (χ0v) is 10.1. The second-order valence-corrected chi connectivity index (χ2v) is 3.66. The number of methoxy groups -OCH3 is 1. The number of para-hydroxylation sites is 1. The number of halogens is 1. The average molecular weight is 288 g/mol. The van der Waals surface area contributed by atoms with Crippen LogP contribution < -0.4 is 4.74 Å². The second kappa shape index (κ2) is 6.24. The molecule has 16 heavy (non-hydrogen) atoms. The highest BCUT2D eigenvalue weighted by molar-refractivity contribution is 9.10. The molecular weight excluding hydrogens is 278 g/mol. The third-order valence-electron chi connectivity index (χ3n) is 1.69. The van der Waals surface area contributed by atoms with E-state index in [4.69, 9.17) is 9.47 Å². The molecule has 0 amide bonds. The number of hydrogen-bond acceptors (Lipinski definition) is 4. The van der Waals surface area contributed by atoms with Crippen molar-refractivity contribution in [2.45, 2.75) is 0 Å². The lowest BCUT2D eigenvalue weighted by molar-refractivity contribution is -0.400. The van der Waals surface area contributed by atoms with Crippen molar-refractivity contribution in [3.05, 3.63) is 44.5 Å². The summed E-state index contributed by atoms with van der Waals surface area (Å²) >= 11 is 3.30. The van der Waals surface area contributed by atoms with Crippen molar-refractivity contribution in [1.29, 1.82) is 0 Å². The van der Waals surface area contributed by atoms with E-state index >= 15 is 0 Å². The first-order chi connectivity index (χ1) is 7.65. The maximum Gasteiger partial charge on any atom is 0.235 e. The van der Waals surface area contributed by atoms with Crippen molar-refractivity contribution in [1.82, 2.24) is 0 Å². The molecule has 1 aromatic rings. The van der Waals surface area contributed by atoms with Crippen LogP contribution in [0.1, 0.15) is 5.56 Å². The third-order valence-corrected chi connectivity index (χ3v) is 2.32. The lowest BCUT2D eigenvalue weighted by Gasteiger charge is -2.09. The molecule has 0 aliphatic heterocycles. The van der Waals surface area contributed by atoms with Crippen LogP contribution in [-0.2, 0) is 4.74 Å². The van der Waals surface area contributed by atoms with E-state index in [1.807, 2.05) is 0 Å². The molecule has 0 saturated heterocycles. The topological polar surface area (TPSA) is 61.6 Å². The summed E-state index contributed by atoms with van der Waals surface area (Å²) in [6.45, 7) is 0.0852. The van der Waals surface area contributed by atoms with Crippen LogP contribution in [0.15, 0.2) is 28.9 Å². The molecule has 6 heteroatoms. The molecule has 0 aliphatic carbocycles. The van der Waals surface area contributed by atoms with Crippen LogP contribution in [0.4, 0.5) is 0 Å². The first-order valence-corrected chi connectivity index (χ1v) is 5.16. The number of ether oxygens (including phenoxy) is 2. The first kappa shape index (κ1) is 12.7. The van der Waals surface area contributed by atoms with Crippen molar-refractivity contribution >= 4 is 22.0 Å². The fourth-order valence-electron chi connectivity index (χ4n) is 1.07. The first-order valence-electron chi connectivity index (χ1n) is 4.37. The van der Waals surface area contributed by atoms with Crippen LogP contribution in [-0.4, -0.2) is 18.8 Å². The Morgan fingerprint density at radius 2 is 2.31 bits per heavy atom. The fourth-order valence-corrected chi connectivity index (χ4v) is 1.56. The highest BCUT2D eigenvalue weighted by atomic mass is 79.9. The Kier molecular flexibility index (Phi) is 4.94. The largest absolute Gasteiger partial charge is 0.466 e. The Hall–Kier alpha value is -1.40. The fraction of sp³-hybridized carbons (Fsp3) is 0.200. The van der Waals surface area contributed by atoms with Gasteiger partial charge in [-0.25, -0.2) is 0 Å². The van der Waals surface area contributed by atoms with Gasteiger partial charge in [-0.05, 0) is 22.0 Å². The monoisotopic (exact) mass is 287 g/mol. The quantitative estimate of drug-likeness (QED) is 0.475. The minimum absolute atomic E-state index is 0.0852. The maximum absolute atomic E-state index is 10.2. The molecule has 0 atom stereocenters. The lowest BCUT2D eigenvalue weighted by Crippen LogP contribution is -2.01. The molecule has 0 unspecified atom stereocenters. The van der Waals surface area contributed by atoms with Crippen LogP contribution >= 0.6 is 15.9 Å². The summed E-state index contributed by atoms with van der Waals surface area (Å²) < 4.78 is 10.8. The van der Waals surface area contributed by atoms with E-state index in [2.05, 4.69) is 15.9 Å². The smallest absolute Gasteiger partial charge is 0.235 e. The van der Waals surface area contributed by atoms with Gasteiger partial charge in [-0.2, -0.15) is 0 Å². The summed E-state index contributed by atoms with van der Waals surface area (Å²) in [6.07, 6.45) is 2.23. The normalized spacial score (nSPS) is 10.6. The molecule has 0 radical (unpaired) electrons. The van der Waals surface area contributed by atoms with E-state index in [9.17, 15) is 10.1 Å². The van der Waals surface area contributed by atoms with Crippen molar-refractivity contribution in [3.63, 3.8) is 0 Å². The molecule has 0 N–H and O–H groups in total. The average Bonchev–Trinajstić information content (AvgIpc) is 2.25. The van der Waals surface area contributed by atoms with Gasteiger partial charge in [0, 0.05) is 18.7 Å². The standard InChI is InChI=1S/C10H10BrNO4/c1-15-7-16-10-8(5-6-12(13)14)3-2-4-9(10)11/h2-6H,7H2,1H3. The molecule has 0 fully saturated rings. The highest BCUT2D eigenvalue weighted by Crippen LogP contribution is 2.29. The summed E-state index contributed by atoms with van der Waals surface area (Å²) in [5.74, 6) is 0.516. The maximum atomic E-state index is 10.2. The number of hydrogen-bond donors (Lipinski definition) is 0. The van der Waals surface area contributed by atoms with E-state index in [0.717, 1.165) is 10.7 Å². The van der Waals surface area contributed by atoms with Crippen LogP contribution in [0.25, 0.3) is 6.08 Å². The predicted molar refractivity (Wildman–Crippen MR) is 62.7 cm³/mol. The van der Waals surface area contributed by atoms with Gasteiger partial charge in [0.1, 0.15) is 5.75 Å². The van der Waals surface area contributed by atoms with Crippen LogP contribution in [0.2, 0.25) is 0 Å². The molecule has 0 aliphatic rings. The summed E-state index contributed by atoms with van der Waals surface area (Å²) in [5.41, 5.74) is 0.614. The Bertz CT molecular complexity index is 406. The molecule has 0 bridgehead atoms. The zero-order valence-electron chi connectivity index (χ0n) is 8.55. The van der Waals surface area contributed by atoms with Crippen LogP contribution in [0.5, 0.6) is 5.75 Å². The van der Waals surface area contributed by atoms with E-state index in [1.165, 1.54) is 13.2 Å². The van der Waals surface area contributed by atoms with Gasteiger partial charge in [-0.3, -0.25) is 10.1 Å². The number of nitro groups is 1. The van der Waals surface area contributed by atoms with Gasteiger partial charge < -0.3 is 9.47 Å². The molecule has 0 heterocycles. The molecule has 1 aromatic carbocycles. The molecule has 5 nitrogen and oxygen atoms in total. The van der Waals surface area contributed by atoms with Crippen LogP contribution in [0.3, 0.4) is 0 Å². The zero-order chi connectivity index (χ0) is 12.0. The van der Waals surface area contributed by atoms with Gasteiger partial charge in [0.2, 0.25) is 6.20 Å². The number of nitrogens with zero attached hydrogens (tertiary/aromatic N) is 1. The van der Waals surface area contributed by atoms with Gasteiger partial charge in [-0.1, -0.05) is 12.1 Å². The minimum atomic E-state index is -0.527. The molecule has 0 aromatic heterocycles. The van der Waals surface area contributed by atoms with Crippen LogP contribution in [0, 0.1) is 10.1 Å². The molecular formula is C10H10BrNO4. The van der Waals surface area contributed by atoms with Gasteiger partial charge in [0.25, 0.3) is 0 Å². The SMILES string of the molecule is COCOc1c(Br)cccc1C=C[N+](=O)[O-]. The van der Waals surface area contributed by atoms with Gasteiger partial charge in [-0.15, -0.1) is 0 Å². The summed E-state index contributed by atoms with van der Waals surface area (Å²) in [7, 11) is 1.50. The third kappa shape index (κ3) is 3.63. The van der Waals surface area contributed by atoms with E-state index in [1.54, 1.807) is 18.2 Å². The Balaban J connectivity index is 2.97. The van der Waals surface area contributed by atoms with E-state index < -0.39 is 4.92 Å². The van der Waals surface area contributed by atoms with Crippen molar-refractivity contribution in [2.24, 2.45) is 0 Å². The Morgan fingerprint density at radius 3 is 2.94 bits per heavy atom. The van der Waals surface area contributed by atoms with Gasteiger partial charge in [0.15, 0.2) is 6.79 Å². The van der Waals surface area contributed by atoms with E-state index in [0.29, 0.717) is 11.3 Å². The summed E-state index contributed by atoms with van der Waals surface area (Å²) in [4.78, 5) is 9.70. The van der Waals surface area contributed by atoms with Crippen molar-refractivity contribution < 1.29 is 14.4 Å². The highest BCUT2D eigenvalue weighted by Gasteiger charge is 2.06. The second-order valence-electron chi connectivity index (χ2n) is 2.81. The van der Waals surface area contributed by atoms with E-state index in [-0.39, 0.29) is 6.79 Å². The number of rotatable bonds is 5. The van der Waals surface area contributed by atoms with Crippen molar-refractivity contribution in [2.75, 3.05) is 13.9 Å². The molecule has 0 saturated carbocycles. The Labute approximate surface area is 101 Å². The summed E-state index contributed by atoms with van der Waals surface area (Å²) in [5, 5.41) is 10.2. The minimum Gasteiger partial charge on any atom is -0.466 e. The van der Waals surface area contributed by atoms with Gasteiger partial charge >= 0.3 is 0 Å². The molecule has 0 spiro atoms. The number of benzene rings is 1. The molecule has 86 valence electrons. The molecule has 1 rings (SSSR count). The van der Waals surface area contributed by atoms with Crippen molar-refractivity contribution in [3.8, 4) is 5.75 Å². The van der Waals surface area contributed by atoms with Gasteiger partial charge in [0.05, 0.1) is 9.40 Å². The summed E-state index contributed by atoms with van der Waals surface area (Å²) in [6, 6.07) is 5.27. The lowest BCUT2D eigenvalue weighted by atomic mass is 10.2. The predicted octanol–water partition coefficient (Wildman–Crippen LogP) is 2.68. The Morgan fingerprint density at radius 1 is 1.56 bits per heavy atom.